The first kappa shape index (κ1) is 12.4. The standard InChI is InChI=1S/C13H12ClN3O/c1-8-7-16-5-4-12(8)17-13(18)10-6-9(14)2-3-11(10)15/h2-7H,15H2,1H3,(H,16,17,18). The van der Waals surface area contributed by atoms with E-state index in [1.807, 2.05) is 6.92 Å². The molecule has 5 heteroatoms. The molecule has 1 heterocycles. The molecule has 0 radical (unpaired) electrons. The van der Waals surface area contributed by atoms with Gasteiger partial charge in [0.1, 0.15) is 0 Å². The highest BCUT2D eigenvalue weighted by atomic mass is 35.5. The maximum atomic E-state index is 12.1. The number of amides is 1. The van der Waals surface area contributed by atoms with Crippen molar-refractivity contribution in [1.82, 2.24) is 4.98 Å². The maximum Gasteiger partial charge on any atom is 0.257 e. The van der Waals surface area contributed by atoms with Crippen molar-refractivity contribution < 1.29 is 4.79 Å². The van der Waals surface area contributed by atoms with Gasteiger partial charge in [0.2, 0.25) is 0 Å². The molecule has 0 aliphatic heterocycles. The molecule has 92 valence electrons. The molecule has 0 atom stereocenters. The first-order chi connectivity index (χ1) is 8.58. The van der Waals surface area contributed by atoms with Crippen LogP contribution in [-0.4, -0.2) is 10.9 Å². The number of carbonyl (C=O) groups excluding carboxylic acids is 1. The predicted octanol–water partition coefficient (Wildman–Crippen LogP) is 2.88. The van der Waals surface area contributed by atoms with Crippen LogP contribution in [0.2, 0.25) is 5.02 Å². The van der Waals surface area contributed by atoms with Gasteiger partial charge in [-0.3, -0.25) is 9.78 Å². The molecule has 2 rings (SSSR count). The van der Waals surface area contributed by atoms with Crippen LogP contribution in [0.4, 0.5) is 11.4 Å². The van der Waals surface area contributed by atoms with Crippen LogP contribution in [0.3, 0.4) is 0 Å². The van der Waals surface area contributed by atoms with Gasteiger partial charge < -0.3 is 11.1 Å². The Kier molecular flexibility index (Phi) is 3.48. The number of benzene rings is 1. The summed E-state index contributed by atoms with van der Waals surface area (Å²) in [5.41, 5.74) is 8.09. The van der Waals surface area contributed by atoms with Crippen LogP contribution in [0.5, 0.6) is 0 Å². The molecule has 0 fully saturated rings. The minimum atomic E-state index is -0.288. The molecule has 18 heavy (non-hydrogen) atoms. The van der Waals surface area contributed by atoms with Crippen LogP contribution in [0.25, 0.3) is 0 Å². The first-order valence-corrected chi connectivity index (χ1v) is 5.72. The van der Waals surface area contributed by atoms with Gasteiger partial charge >= 0.3 is 0 Å². The lowest BCUT2D eigenvalue weighted by Crippen LogP contribution is -2.14. The van der Waals surface area contributed by atoms with E-state index >= 15 is 0 Å². The van der Waals surface area contributed by atoms with E-state index in [0.29, 0.717) is 22.0 Å². The predicted molar refractivity (Wildman–Crippen MR) is 72.8 cm³/mol. The topological polar surface area (TPSA) is 68.0 Å². The van der Waals surface area contributed by atoms with Crippen molar-refractivity contribution in [2.24, 2.45) is 0 Å². The number of halogens is 1. The number of hydrogen-bond donors (Lipinski definition) is 2. The van der Waals surface area contributed by atoms with Gasteiger partial charge in [0.15, 0.2) is 0 Å². The zero-order valence-corrected chi connectivity index (χ0v) is 10.5. The number of carbonyl (C=O) groups is 1. The summed E-state index contributed by atoms with van der Waals surface area (Å²) in [6.45, 7) is 1.87. The molecule has 2 aromatic rings. The highest BCUT2D eigenvalue weighted by molar-refractivity contribution is 6.31. The number of aryl methyl sites for hydroxylation is 1. The van der Waals surface area contributed by atoms with E-state index in [2.05, 4.69) is 10.3 Å². The largest absolute Gasteiger partial charge is 0.398 e. The molecular formula is C13H12ClN3O. The van der Waals surface area contributed by atoms with Crippen molar-refractivity contribution >= 4 is 28.9 Å². The second kappa shape index (κ2) is 5.06. The minimum Gasteiger partial charge on any atom is -0.398 e. The van der Waals surface area contributed by atoms with Crippen LogP contribution in [0.15, 0.2) is 36.7 Å². The zero-order chi connectivity index (χ0) is 13.1. The van der Waals surface area contributed by atoms with Crippen molar-refractivity contribution in [3.63, 3.8) is 0 Å². The average molecular weight is 262 g/mol. The van der Waals surface area contributed by atoms with Gasteiger partial charge in [0.25, 0.3) is 5.91 Å². The molecule has 0 aliphatic carbocycles. The van der Waals surface area contributed by atoms with E-state index in [4.69, 9.17) is 17.3 Å². The Bertz CT molecular complexity index is 599. The second-order valence-electron chi connectivity index (χ2n) is 3.88. The number of nitrogen functional groups attached to an aromatic ring is 1. The smallest absolute Gasteiger partial charge is 0.257 e. The highest BCUT2D eigenvalue weighted by Crippen LogP contribution is 2.20. The molecule has 0 saturated carbocycles. The van der Waals surface area contributed by atoms with E-state index in [1.54, 1.807) is 36.7 Å². The number of rotatable bonds is 2. The fourth-order valence-corrected chi connectivity index (χ4v) is 1.70. The fraction of sp³-hybridized carbons (Fsp3) is 0.0769. The third-order valence-corrected chi connectivity index (χ3v) is 2.76. The number of nitrogens with zero attached hydrogens (tertiary/aromatic N) is 1. The average Bonchev–Trinajstić information content (AvgIpc) is 2.35. The molecule has 1 aromatic heterocycles. The van der Waals surface area contributed by atoms with E-state index in [0.717, 1.165) is 5.56 Å². The summed E-state index contributed by atoms with van der Waals surface area (Å²) in [6.07, 6.45) is 3.29. The van der Waals surface area contributed by atoms with E-state index in [9.17, 15) is 4.79 Å². The Morgan fingerprint density at radius 3 is 2.89 bits per heavy atom. The first-order valence-electron chi connectivity index (χ1n) is 5.35. The van der Waals surface area contributed by atoms with Gasteiger partial charge in [-0.15, -0.1) is 0 Å². The highest BCUT2D eigenvalue weighted by Gasteiger charge is 2.11. The van der Waals surface area contributed by atoms with Crippen molar-refractivity contribution in [3.8, 4) is 0 Å². The van der Waals surface area contributed by atoms with Gasteiger partial charge in [0.05, 0.1) is 5.56 Å². The minimum absolute atomic E-state index is 0.288. The summed E-state index contributed by atoms with van der Waals surface area (Å²) in [7, 11) is 0. The summed E-state index contributed by atoms with van der Waals surface area (Å²) in [6, 6.07) is 6.53. The van der Waals surface area contributed by atoms with Crippen LogP contribution >= 0.6 is 11.6 Å². The molecule has 0 spiro atoms. The molecule has 0 unspecified atom stereocenters. The van der Waals surface area contributed by atoms with Crippen molar-refractivity contribution in [3.05, 3.63) is 52.8 Å². The Morgan fingerprint density at radius 1 is 1.39 bits per heavy atom. The zero-order valence-electron chi connectivity index (χ0n) is 9.77. The normalized spacial score (nSPS) is 10.1. The van der Waals surface area contributed by atoms with Gasteiger partial charge in [-0.1, -0.05) is 11.6 Å². The van der Waals surface area contributed by atoms with Crippen LogP contribution < -0.4 is 11.1 Å². The molecule has 0 saturated heterocycles. The summed E-state index contributed by atoms with van der Waals surface area (Å²) in [4.78, 5) is 16.0. The monoisotopic (exact) mass is 261 g/mol. The Morgan fingerprint density at radius 2 is 2.17 bits per heavy atom. The van der Waals surface area contributed by atoms with Gasteiger partial charge in [0, 0.05) is 28.8 Å². The number of nitrogens with two attached hydrogens (primary N) is 1. The molecule has 1 amide bonds. The van der Waals surface area contributed by atoms with E-state index < -0.39 is 0 Å². The lowest BCUT2D eigenvalue weighted by atomic mass is 10.1. The second-order valence-corrected chi connectivity index (χ2v) is 4.31. The van der Waals surface area contributed by atoms with Crippen molar-refractivity contribution in [2.45, 2.75) is 6.92 Å². The number of aromatic nitrogens is 1. The number of anilines is 2. The summed E-state index contributed by atoms with van der Waals surface area (Å²) >= 11 is 5.85. The lowest BCUT2D eigenvalue weighted by molar-refractivity contribution is 0.102. The SMILES string of the molecule is Cc1cnccc1NC(=O)c1cc(Cl)ccc1N. The van der Waals surface area contributed by atoms with Gasteiger partial charge in [-0.25, -0.2) is 0 Å². The molecule has 0 bridgehead atoms. The van der Waals surface area contributed by atoms with Crippen molar-refractivity contribution in [2.75, 3.05) is 11.1 Å². The Balaban J connectivity index is 2.28. The van der Waals surface area contributed by atoms with Gasteiger partial charge in [-0.05, 0) is 36.8 Å². The molecule has 0 aliphatic rings. The quantitative estimate of drug-likeness (QED) is 0.817. The number of pyridine rings is 1. The molecule has 3 N–H and O–H groups in total. The Labute approximate surface area is 110 Å². The molecule has 4 nitrogen and oxygen atoms in total. The molecular weight excluding hydrogens is 250 g/mol. The van der Waals surface area contributed by atoms with E-state index in [-0.39, 0.29) is 5.91 Å². The van der Waals surface area contributed by atoms with Crippen LogP contribution in [0, 0.1) is 6.92 Å². The summed E-state index contributed by atoms with van der Waals surface area (Å²) in [5.74, 6) is -0.288. The fourth-order valence-electron chi connectivity index (χ4n) is 1.53. The number of hydrogen-bond acceptors (Lipinski definition) is 3. The maximum absolute atomic E-state index is 12.1. The van der Waals surface area contributed by atoms with Crippen LogP contribution in [0.1, 0.15) is 15.9 Å². The van der Waals surface area contributed by atoms with Crippen molar-refractivity contribution in [1.29, 1.82) is 0 Å². The number of nitrogens with one attached hydrogen (secondary N) is 1. The summed E-state index contributed by atoms with van der Waals surface area (Å²) in [5, 5.41) is 3.25. The third kappa shape index (κ3) is 2.60. The van der Waals surface area contributed by atoms with Crippen LogP contribution in [-0.2, 0) is 0 Å². The lowest BCUT2D eigenvalue weighted by Gasteiger charge is -2.09. The third-order valence-electron chi connectivity index (χ3n) is 2.53. The van der Waals surface area contributed by atoms with Gasteiger partial charge in [-0.2, -0.15) is 0 Å². The Hall–Kier alpha value is -2.07. The van der Waals surface area contributed by atoms with E-state index in [1.165, 1.54) is 0 Å². The summed E-state index contributed by atoms with van der Waals surface area (Å²) < 4.78 is 0. The molecule has 1 aromatic carbocycles.